The van der Waals surface area contributed by atoms with E-state index < -0.39 is 15.8 Å². The van der Waals surface area contributed by atoms with Crippen LogP contribution in [0.4, 0.5) is 4.39 Å². The quantitative estimate of drug-likeness (QED) is 0.602. The number of carbonyl (C=O) groups is 1. The van der Waals surface area contributed by atoms with E-state index >= 15 is 0 Å². The zero-order chi connectivity index (χ0) is 19.6. The lowest BCUT2D eigenvalue weighted by atomic mass is 10.1. The number of carbonyl (C=O) groups excluding carboxylic acids is 1. The number of methoxy groups -OCH3 is 2. The molecule has 0 atom stereocenters. The van der Waals surface area contributed by atoms with Crippen LogP contribution in [0, 0.1) is 5.82 Å². The average Bonchev–Trinajstić information content (AvgIpc) is 3.07. The number of nitrogens with zero attached hydrogens (tertiary/aromatic N) is 2. The third-order valence-corrected chi connectivity index (χ3v) is 5.41. The molecule has 0 aliphatic rings. The molecule has 0 N–H and O–H groups in total. The number of aromatic nitrogens is 2. The van der Waals surface area contributed by atoms with Crippen molar-refractivity contribution in [2.75, 3.05) is 14.2 Å². The Morgan fingerprint density at radius 1 is 1.07 bits per heavy atom. The molecule has 9 heteroatoms. The zero-order valence-electron chi connectivity index (χ0n) is 14.4. The topological polar surface area (TPSA) is 87.5 Å². The number of benzene rings is 1. The van der Waals surface area contributed by atoms with Gasteiger partial charge in [-0.2, -0.15) is 13.4 Å². The van der Waals surface area contributed by atoms with Crippen molar-refractivity contribution in [3.63, 3.8) is 0 Å². The highest BCUT2D eigenvalue weighted by Crippen LogP contribution is 2.38. The van der Waals surface area contributed by atoms with Crippen LogP contribution in [0.5, 0.6) is 11.6 Å². The van der Waals surface area contributed by atoms with Crippen LogP contribution in [0.1, 0.15) is 10.4 Å². The van der Waals surface area contributed by atoms with Gasteiger partial charge in [-0.05, 0) is 18.2 Å². The van der Waals surface area contributed by atoms with Gasteiger partial charge in [0.2, 0.25) is 5.88 Å². The van der Waals surface area contributed by atoms with Crippen molar-refractivity contribution in [2.45, 2.75) is 5.03 Å². The first kappa shape index (κ1) is 18.6. The Kier molecular flexibility index (Phi) is 4.95. The number of rotatable bonds is 6. The summed E-state index contributed by atoms with van der Waals surface area (Å²) in [6.45, 7) is 0. The minimum Gasteiger partial charge on any atom is -0.494 e. The van der Waals surface area contributed by atoms with Crippen LogP contribution in [0.15, 0.2) is 53.7 Å². The van der Waals surface area contributed by atoms with Gasteiger partial charge < -0.3 is 9.47 Å². The molecular formula is C18H15FN2O5S. The van der Waals surface area contributed by atoms with Crippen molar-refractivity contribution in [2.24, 2.45) is 0 Å². The zero-order valence-corrected chi connectivity index (χ0v) is 15.2. The van der Waals surface area contributed by atoms with Crippen molar-refractivity contribution in [1.29, 1.82) is 0 Å². The van der Waals surface area contributed by atoms with Gasteiger partial charge in [0.15, 0.2) is 17.1 Å². The molecule has 0 fully saturated rings. The first-order valence-electron chi connectivity index (χ1n) is 7.70. The predicted molar refractivity (Wildman–Crippen MR) is 95.1 cm³/mol. The molecule has 0 bridgehead atoms. The number of halogens is 1. The normalized spacial score (nSPS) is 11.2. The highest BCUT2D eigenvalue weighted by molar-refractivity contribution is 7.90. The molecule has 0 unspecified atom stereocenters. The third kappa shape index (κ3) is 3.17. The number of hydrogen-bond donors (Lipinski definition) is 0. The summed E-state index contributed by atoms with van der Waals surface area (Å²) in [7, 11) is -1.64. The minimum atomic E-state index is -4.27. The van der Waals surface area contributed by atoms with Crippen molar-refractivity contribution in [3.05, 3.63) is 60.0 Å². The van der Waals surface area contributed by atoms with Gasteiger partial charge in [-0.3, -0.25) is 4.79 Å². The van der Waals surface area contributed by atoms with Crippen LogP contribution in [0.25, 0.3) is 11.3 Å². The lowest BCUT2D eigenvalue weighted by molar-refractivity contribution is 0.112. The van der Waals surface area contributed by atoms with Gasteiger partial charge in [0.25, 0.3) is 10.0 Å². The lowest BCUT2D eigenvalue weighted by Gasteiger charge is -2.12. The Morgan fingerprint density at radius 3 is 2.44 bits per heavy atom. The molecule has 1 aromatic carbocycles. The SMILES string of the molecule is COc1cccc(S(=O)(=O)n2cc(C=O)c(OC)c2-c2ccccc2F)n1. The van der Waals surface area contributed by atoms with Gasteiger partial charge in [-0.1, -0.05) is 18.2 Å². The molecule has 0 saturated carbocycles. The molecule has 0 aliphatic carbocycles. The summed E-state index contributed by atoms with van der Waals surface area (Å²) in [5.41, 5.74) is -0.182. The molecule has 7 nitrogen and oxygen atoms in total. The van der Waals surface area contributed by atoms with Crippen LogP contribution < -0.4 is 9.47 Å². The van der Waals surface area contributed by atoms with Crippen molar-refractivity contribution < 1.29 is 27.1 Å². The van der Waals surface area contributed by atoms with E-state index in [2.05, 4.69) is 4.98 Å². The molecule has 0 aliphatic heterocycles. The van der Waals surface area contributed by atoms with E-state index in [9.17, 15) is 17.6 Å². The summed E-state index contributed by atoms with van der Waals surface area (Å²) in [4.78, 5) is 15.3. The predicted octanol–water partition coefficient (Wildman–Crippen LogP) is 2.76. The highest BCUT2D eigenvalue weighted by atomic mass is 32.2. The van der Waals surface area contributed by atoms with Crippen LogP contribution in [0.3, 0.4) is 0 Å². The largest absolute Gasteiger partial charge is 0.494 e. The van der Waals surface area contributed by atoms with Crippen LogP contribution in [-0.4, -0.2) is 37.9 Å². The van der Waals surface area contributed by atoms with Crippen molar-refractivity contribution >= 4 is 16.3 Å². The van der Waals surface area contributed by atoms with Crippen molar-refractivity contribution in [3.8, 4) is 22.9 Å². The van der Waals surface area contributed by atoms with Crippen LogP contribution in [0.2, 0.25) is 0 Å². The first-order chi connectivity index (χ1) is 12.9. The van der Waals surface area contributed by atoms with E-state index in [1.807, 2.05) is 0 Å². The molecule has 0 radical (unpaired) electrons. The summed E-state index contributed by atoms with van der Waals surface area (Å²) in [6, 6.07) is 9.82. The molecule has 3 rings (SSSR count). The fourth-order valence-corrected chi connectivity index (χ4v) is 3.95. The van der Waals surface area contributed by atoms with Gasteiger partial charge in [0.05, 0.1) is 19.8 Å². The molecule has 140 valence electrons. The fourth-order valence-electron chi connectivity index (χ4n) is 2.62. The Labute approximate surface area is 155 Å². The molecule has 27 heavy (non-hydrogen) atoms. The standard InChI is InChI=1S/C18H15FN2O5S/c1-25-15-8-5-9-16(20-15)27(23,24)21-10-12(11-22)18(26-2)17(21)13-6-3-4-7-14(13)19/h3-11H,1-2H3. The second-order valence-corrected chi connectivity index (χ2v) is 7.14. The fraction of sp³-hybridized carbons (Fsp3) is 0.111. The first-order valence-corrected chi connectivity index (χ1v) is 9.14. The Morgan fingerprint density at radius 2 is 1.81 bits per heavy atom. The average molecular weight is 390 g/mol. The number of aldehydes is 1. The molecule has 0 spiro atoms. The number of ether oxygens (including phenoxy) is 2. The molecule has 0 saturated heterocycles. The lowest BCUT2D eigenvalue weighted by Crippen LogP contribution is -2.15. The highest BCUT2D eigenvalue weighted by Gasteiger charge is 2.29. The molecule has 0 amide bonds. The Balaban J connectivity index is 2.34. The summed E-state index contributed by atoms with van der Waals surface area (Å²) >= 11 is 0. The maximum absolute atomic E-state index is 14.4. The minimum absolute atomic E-state index is 0.0334. The second kappa shape index (κ2) is 7.20. The Hall–Kier alpha value is -3.20. The maximum atomic E-state index is 14.4. The summed E-state index contributed by atoms with van der Waals surface area (Å²) in [6.07, 6.45) is 1.51. The maximum Gasteiger partial charge on any atom is 0.285 e. The second-order valence-electron chi connectivity index (χ2n) is 5.38. The van der Waals surface area contributed by atoms with E-state index in [1.54, 1.807) is 6.07 Å². The van der Waals surface area contributed by atoms with Gasteiger partial charge in [0.1, 0.15) is 11.5 Å². The van der Waals surface area contributed by atoms with Gasteiger partial charge in [0, 0.05) is 17.8 Å². The van der Waals surface area contributed by atoms with Crippen molar-refractivity contribution in [1.82, 2.24) is 8.96 Å². The van der Waals surface area contributed by atoms with Gasteiger partial charge in [-0.25, -0.2) is 8.36 Å². The van der Waals surface area contributed by atoms with E-state index in [0.29, 0.717) is 6.29 Å². The third-order valence-electron chi connectivity index (χ3n) is 3.84. The summed E-state index contributed by atoms with van der Waals surface area (Å²) in [5.74, 6) is -0.624. The van der Waals surface area contributed by atoms with Gasteiger partial charge in [-0.15, -0.1) is 0 Å². The van der Waals surface area contributed by atoms with Gasteiger partial charge >= 0.3 is 0 Å². The van der Waals surface area contributed by atoms with E-state index in [-0.39, 0.29) is 33.5 Å². The molecular weight excluding hydrogens is 375 g/mol. The van der Waals surface area contributed by atoms with E-state index in [1.165, 1.54) is 50.6 Å². The molecule has 2 aromatic heterocycles. The monoisotopic (exact) mass is 390 g/mol. The Bertz CT molecular complexity index is 1110. The number of hydrogen-bond acceptors (Lipinski definition) is 6. The summed E-state index contributed by atoms with van der Waals surface area (Å²) < 4.78 is 51.7. The van der Waals surface area contributed by atoms with Crippen LogP contribution in [-0.2, 0) is 10.0 Å². The molecule has 2 heterocycles. The molecule has 3 aromatic rings. The van der Waals surface area contributed by atoms with E-state index in [0.717, 1.165) is 10.2 Å². The van der Waals surface area contributed by atoms with Crippen LogP contribution >= 0.6 is 0 Å². The number of pyridine rings is 1. The van der Waals surface area contributed by atoms with E-state index in [4.69, 9.17) is 9.47 Å². The smallest absolute Gasteiger partial charge is 0.285 e. The summed E-state index contributed by atoms with van der Waals surface area (Å²) in [5, 5.41) is -0.324.